The summed E-state index contributed by atoms with van der Waals surface area (Å²) in [4.78, 5) is 6.91. The largest absolute Gasteiger partial charge is 0.392 e. The molecular weight excluding hydrogens is 236 g/mol. The van der Waals surface area contributed by atoms with Gasteiger partial charge in [0, 0.05) is 29.7 Å². The van der Waals surface area contributed by atoms with Gasteiger partial charge >= 0.3 is 0 Å². The average molecular weight is 258 g/mol. The summed E-state index contributed by atoms with van der Waals surface area (Å²) in [7, 11) is 0. The van der Waals surface area contributed by atoms with Gasteiger partial charge in [0.05, 0.1) is 6.61 Å². The van der Waals surface area contributed by atoms with Crippen molar-refractivity contribution in [2.45, 2.75) is 39.8 Å². The summed E-state index contributed by atoms with van der Waals surface area (Å²) < 4.78 is 0. The number of rotatable bonds is 5. The van der Waals surface area contributed by atoms with Crippen LogP contribution in [-0.4, -0.2) is 22.7 Å². The first kappa shape index (κ1) is 13.8. The highest BCUT2D eigenvalue weighted by molar-refractivity contribution is 5.94. The fraction of sp³-hybridized carbons (Fsp3) is 0.438. The van der Waals surface area contributed by atoms with Crippen LogP contribution >= 0.6 is 0 Å². The van der Waals surface area contributed by atoms with Gasteiger partial charge < -0.3 is 10.0 Å². The van der Waals surface area contributed by atoms with Gasteiger partial charge in [-0.3, -0.25) is 0 Å². The van der Waals surface area contributed by atoms with Crippen molar-refractivity contribution in [2.24, 2.45) is 0 Å². The molecule has 1 atom stereocenters. The van der Waals surface area contributed by atoms with Crippen LogP contribution in [0.1, 0.15) is 32.8 Å². The van der Waals surface area contributed by atoms with Crippen molar-refractivity contribution in [3.63, 3.8) is 0 Å². The van der Waals surface area contributed by atoms with Crippen LogP contribution in [-0.2, 0) is 6.61 Å². The number of aliphatic hydroxyl groups is 1. The first-order chi connectivity index (χ1) is 9.22. The van der Waals surface area contributed by atoms with E-state index in [1.807, 2.05) is 12.1 Å². The van der Waals surface area contributed by atoms with Crippen LogP contribution in [0.4, 0.5) is 5.82 Å². The Morgan fingerprint density at radius 2 is 1.89 bits per heavy atom. The number of hydrogen-bond acceptors (Lipinski definition) is 3. The topological polar surface area (TPSA) is 36.4 Å². The summed E-state index contributed by atoms with van der Waals surface area (Å²) in [5.41, 5.74) is 0.888. The maximum Gasteiger partial charge on any atom is 0.136 e. The van der Waals surface area contributed by atoms with E-state index >= 15 is 0 Å². The molecule has 0 aliphatic heterocycles. The molecule has 1 heterocycles. The van der Waals surface area contributed by atoms with Crippen LogP contribution in [0.3, 0.4) is 0 Å². The van der Waals surface area contributed by atoms with E-state index in [9.17, 15) is 5.11 Å². The fourth-order valence-electron chi connectivity index (χ4n) is 2.48. The van der Waals surface area contributed by atoms with E-state index in [0.717, 1.165) is 35.1 Å². The maximum absolute atomic E-state index is 9.42. The highest BCUT2D eigenvalue weighted by atomic mass is 16.3. The Balaban J connectivity index is 2.61. The lowest BCUT2D eigenvalue weighted by molar-refractivity contribution is 0.283. The van der Waals surface area contributed by atoms with Gasteiger partial charge in [0.1, 0.15) is 5.82 Å². The lowest BCUT2D eigenvalue weighted by Crippen LogP contribution is -2.33. The van der Waals surface area contributed by atoms with Crippen molar-refractivity contribution in [1.82, 2.24) is 4.98 Å². The van der Waals surface area contributed by atoms with E-state index in [0.29, 0.717) is 6.04 Å². The predicted molar refractivity (Wildman–Crippen MR) is 80.4 cm³/mol. The molecule has 3 nitrogen and oxygen atoms in total. The zero-order valence-corrected chi connectivity index (χ0v) is 11.9. The van der Waals surface area contributed by atoms with Crippen LogP contribution < -0.4 is 4.90 Å². The minimum Gasteiger partial charge on any atom is -0.392 e. The Hall–Kier alpha value is -1.61. The van der Waals surface area contributed by atoms with Gasteiger partial charge in [0.15, 0.2) is 0 Å². The van der Waals surface area contributed by atoms with E-state index < -0.39 is 0 Å². The SMILES string of the molecule is CCC(C)N(CC)c1ncc(CO)c2ccccc12. The van der Waals surface area contributed by atoms with Gasteiger partial charge in [-0.05, 0) is 25.7 Å². The number of aromatic nitrogens is 1. The van der Waals surface area contributed by atoms with Crippen molar-refractivity contribution < 1.29 is 5.11 Å². The Kier molecular flexibility index (Phi) is 4.38. The molecule has 1 N–H and O–H groups in total. The van der Waals surface area contributed by atoms with Gasteiger partial charge in [0.25, 0.3) is 0 Å². The van der Waals surface area contributed by atoms with Gasteiger partial charge in [0.2, 0.25) is 0 Å². The number of anilines is 1. The number of aliphatic hydroxyl groups excluding tert-OH is 1. The summed E-state index contributed by atoms with van der Waals surface area (Å²) in [5.74, 6) is 1.02. The highest BCUT2D eigenvalue weighted by Crippen LogP contribution is 2.28. The van der Waals surface area contributed by atoms with Gasteiger partial charge in [-0.15, -0.1) is 0 Å². The molecule has 1 unspecified atom stereocenters. The molecule has 2 rings (SSSR count). The molecule has 0 fully saturated rings. The van der Waals surface area contributed by atoms with Crippen molar-refractivity contribution >= 4 is 16.6 Å². The van der Waals surface area contributed by atoms with Crippen LogP contribution in [0.5, 0.6) is 0 Å². The van der Waals surface area contributed by atoms with Gasteiger partial charge in [-0.25, -0.2) is 4.98 Å². The van der Waals surface area contributed by atoms with Gasteiger partial charge in [-0.1, -0.05) is 31.2 Å². The molecule has 0 amide bonds. The van der Waals surface area contributed by atoms with E-state index in [2.05, 4.69) is 42.8 Å². The molecule has 0 bridgehead atoms. The Morgan fingerprint density at radius 1 is 1.21 bits per heavy atom. The minimum absolute atomic E-state index is 0.0310. The summed E-state index contributed by atoms with van der Waals surface area (Å²) in [5, 5.41) is 11.6. The van der Waals surface area contributed by atoms with Crippen molar-refractivity contribution in [3.05, 3.63) is 36.0 Å². The summed E-state index contributed by atoms with van der Waals surface area (Å²) in [6.45, 7) is 7.54. The molecule has 2 aromatic rings. The standard InChI is InChI=1S/C16H22N2O/c1-4-12(3)18(5-2)16-15-9-7-6-8-14(15)13(11-19)10-17-16/h6-10,12,19H,4-5,11H2,1-3H3. The average Bonchev–Trinajstić information content (AvgIpc) is 2.47. The van der Waals surface area contributed by atoms with Crippen LogP contribution in [0.15, 0.2) is 30.5 Å². The second-order valence-electron chi connectivity index (χ2n) is 4.85. The maximum atomic E-state index is 9.42. The smallest absolute Gasteiger partial charge is 0.136 e. The fourth-order valence-corrected chi connectivity index (χ4v) is 2.48. The van der Waals surface area contributed by atoms with Crippen LogP contribution in [0.25, 0.3) is 10.8 Å². The zero-order chi connectivity index (χ0) is 13.8. The molecule has 19 heavy (non-hydrogen) atoms. The first-order valence-corrected chi connectivity index (χ1v) is 6.97. The third-order valence-corrected chi connectivity index (χ3v) is 3.76. The molecular formula is C16H22N2O. The zero-order valence-electron chi connectivity index (χ0n) is 11.9. The molecule has 0 radical (unpaired) electrons. The van der Waals surface area contributed by atoms with E-state index in [1.165, 1.54) is 0 Å². The summed E-state index contributed by atoms with van der Waals surface area (Å²) in [6.07, 6.45) is 2.88. The van der Waals surface area contributed by atoms with Crippen molar-refractivity contribution in [3.8, 4) is 0 Å². The second-order valence-corrected chi connectivity index (χ2v) is 4.85. The molecule has 1 aromatic heterocycles. The number of fused-ring (bicyclic) bond motifs is 1. The normalized spacial score (nSPS) is 12.6. The number of hydrogen-bond donors (Lipinski definition) is 1. The van der Waals surface area contributed by atoms with Crippen molar-refractivity contribution in [1.29, 1.82) is 0 Å². The Morgan fingerprint density at radius 3 is 2.47 bits per heavy atom. The summed E-state index contributed by atoms with van der Waals surface area (Å²) in [6, 6.07) is 8.63. The third kappa shape index (κ3) is 2.56. The third-order valence-electron chi connectivity index (χ3n) is 3.76. The van der Waals surface area contributed by atoms with Gasteiger partial charge in [-0.2, -0.15) is 0 Å². The van der Waals surface area contributed by atoms with E-state index in [-0.39, 0.29) is 6.61 Å². The monoisotopic (exact) mass is 258 g/mol. The lowest BCUT2D eigenvalue weighted by atomic mass is 10.1. The number of nitrogens with zero attached hydrogens (tertiary/aromatic N) is 2. The first-order valence-electron chi connectivity index (χ1n) is 6.97. The van der Waals surface area contributed by atoms with E-state index in [4.69, 9.17) is 0 Å². The molecule has 0 aliphatic rings. The molecule has 0 aliphatic carbocycles. The molecule has 1 aromatic carbocycles. The minimum atomic E-state index is 0.0310. The van der Waals surface area contributed by atoms with E-state index in [1.54, 1.807) is 6.20 Å². The summed E-state index contributed by atoms with van der Waals surface area (Å²) >= 11 is 0. The highest BCUT2D eigenvalue weighted by Gasteiger charge is 2.16. The molecule has 0 saturated carbocycles. The number of pyridine rings is 1. The molecule has 102 valence electrons. The van der Waals surface area contributed by atoms with Crippen LogP contribution in [0, 0.1) is 0 Å². The molecule has 0 spiro atoms. The van der Waals surface area contributed by atoms with Crippen LogP contribution in [0.2, 0.25) is 0 Å². The molecule has 3 heteroatoms. The molecule has 0 saturated heterocycles. The Labute approximate surface area is 114 Å². The Bertz CT molecular complexity index is 553. The lowest BCUT2D eigenvalue weighted by Gasteiger charge is -2.29. The quantitative estimate of drug-likeness (QED) is 0.893. The van der Waals surface area contributed by atoms with Crippen molar-refractivity contribution in [2.75, 3.05) is 11.4 Å². The second kappa shape index (κ2) is 6.02. The number of benzene rings is 1. The predicted octanol–water partition coefficient (Wildman–Crippen LogP) is 3.35.